The Morgan fingerprint density at radius 3 is 2.48 bits per heavy atom. The number of primary amides is 1. The van der Waals surface area contributed by atoms with Gasteiger partial charge in [0.25, 0.3) is 5.91 Å². The van der Waals surface area contributed by atoms with Crippen LogP contribution in [0.5, 0.6) is 0 Å². The minimum atomic E-state index is -0.396. The summed E-state index contributed by atoms with van der Waals surface area (Å²) in [7, 11) is 0. The molecule has 0 saturated carbocycles. The second-order valence-corrected chi connectivity index (χ2v) is 6.06. The highest BCUT2D eigenvalue weighted by Gasteiger charge is 2.12. The van der Waals surface area contributed by atoms with E-state index in [-0.39, 0.29) is 11.7 Å². The van der Waals surface area contributed by atoms with E-state index in [1.54, 1.807) is 18.2 Å². The number of anilines is 1. The van der Waals surface area contributed by atoms with Crippen LogP contribution in [0.1, 0.15) is 10.4 Å². The minimum absolute atomic E-state index is 0.169. The second kappa shape index (κ2) is 7.28. The number of nitrogens with one attached hydrogen (secondary N) is 1. The number of carbonyl (C=O) groups is 2. The van der Waals surface area contributed by atoms with Crippen molar-refractivity contribution in [3.8, 4) is 0 Å². The van der Waals surface area contributed by atoms with E-state index < -0.39 is 5.91 Å². The molecule has 0 unspecified atom stereocenters. The molecule has 108 valence electrons. The van der Waals surface area contributed by atoms with E-state index in [0.29, 0.717) is 11.3 Å². The summed E-state index contributed by atoms with van der Waals surface area (Å²) in [4.78, 5) is 24.0. The summed E-state index contributed by atoms with van der Waals surface area (Å²) in [5.41, 5.74) is 6.35. The van der Waals surface area contributed by atoms with Crippen LogP contribution < -0.4 is 11.1 Å². The molecule has 0 heterocycles. The Kier molecular flexibility index (Phi) is 5.41. The lowest BCUT2D eigenvalue weighted by molar-refractivity contribution is -0.115. The monoisotopic (exact) mass is 364 g/mol. The number of halogens is 1. The summed E-state index contributed by atoms with van der Waals surface area (Å²) in [6, 6.07) is 14.5. The molecule has 3 N–H and O–H groups in total. The number of para-hydroxylation sites is 1. The summed E-state index contributed by atoms with van der Waals surface area (Å²) in [6.07, 6.45) is 0. The molecular formula is C15H13BrN2O2S. The summed E-state index contributed by atoms with van der Waals surface area (Å²) in [5.74, 6) is -0.441. The third kappa shape index (κ3) is 4.34. The molecule has 2 aromatic rings. The smallest absolute Gasteiger partial charge is 0.256 e. The number of carbonyl (C=O) groups excluding carboxylic acids is 2. The normalized spacial score (nSPS) is 10.1. The van der Waals surface area contributed by atoms with Crippen molar-refractivity contribution in [3.05, 3.63) is 58.6 Å². The molecule has 0 aromatic heterocycles. The van der Waals surface area contributed by atoms with Crippen molar-refractivity contribution in [2.45, 2.75) is 4.90 Å². The predicted octanol–water partition coefficient (Wildman–Crippen LogP) is 3.28. The van der Waals surface area contributed by atoms with Gasteiger partial charge >= 0.3 is 0 Å². The zero-order chi connectivity index (χ0) is 15.2. The molecule has 2 aromatic carbocycles. The lowest BCUT2D eigenvalue weighted by atomic mass is 10.2. The van der Waals surface area contributed by atoms with Gasteiger partial charge in [0.2, 0.25) is 5.91 Å². The lowest BCUT2D eigenvalue weighted by Gasteiger charge is -2.11. The van der Waals surface area contributed by atoms with Crippen LogP contribution >= 0.6 is 27.7 Å². The Morgan fingerprint density at radius 1 is 1.10 bits per heavy atom. The Balaban J connectivity index is 2.18. The Hall–Kier alpha value is -1.79. The summed E-state index contributed by atoms with van der Waals surface area (Å²) < 4.78 is 0.727. The van der Waals surface area contributed by atoms with Crippen LogP contribution in [0.4, 0.5) is 5.69 Å². The highest BCUT2D eigenvalue weighted by molar-refractivity contribution is 9.10. The summed E-state index contributed by atoms with van der Waals surface area (Å²) in [5, 5.41) is 2.85. The second-order valence-electron chi connectivity index (χ2n) is 4.19. The highest BCUT2D eigenvalue weighted by Crippen LogP contribution is 2.27. The van der Waals surface area contributed by atoms with E-state index in [0.717, 1.165) is 9.37 Å². The number of nitrogens with two attached hydrogens (primary N) is 1. The Labute approximate surface area is 135 Å². The van der Waals surface area contributed by atoms with Gasteiger partial charge < -0.3 is 11.1 Å². The van der Waals surface area contributed by atoms with Gasteiger partial charge in [0, 0.05) is 9.37 Å². The SMILES string of the molecule is NC(=O)CSc1ccccc1NC(=O)c1ccccc1Br. The van der Waals surface area contributed by atoms with Gasteiger partial charge in [-0.05, 0) is 40.2 Å². The first-order chi connectivity index (χ1) is 10.1. The summed E-state index contributed by atoms with van der Waals surface area (Å²) >= 11 is 4.65. The number of hydrogen-bond acceptors (Lipinski definition) is 3. The molecule has 2 amide bonds. The number of rotatable bonds is 5. The Morgan fingerprint density at radius 2 is 1.76 bits per heavy atom. The standard InChI is InChI=1S/C15H13BrN2O2S/c16-11-6-2-1-5-10(11)15(20)18-12-7-3-4-8-13(12)21-9-14(17)19/h1-8H,9H2,(H2,17,19)(H,18,20). The molecule has 0 bridgehead atoms. The first kappa shape index (κ1) is 15.6. The predicted molar refractivity (Wildman–Crippen MR) is 88.5 cm³/mol. The van der Waals surface area contributed by atoms with Gasteiger partial charge in [0.05, 0.1) is 17.0 Å². The van der Waals surface area contributed by atoms with Gasteiger partial charge in [-0.3, -0.25) is 9.59 Å². The van der Waals surface area contributed by atoms with Crippen LogP contribution in [0.2, 0.25) is 0 Å². The lowest BCUT2D eigenvalue weighted by Crippen LogP contribution is -2.15. The van der Waals surface area contributed by atoms with Crippen LogP contribution in [0.3, 0.4) is 0 Å². The first-order valence-corrected chi connectivity index (χ1v) is 7.92. The van der Waals surface area contributed by atoms with Gasteiger partial charge in [0.15, 0.2) is 0 Å². The van der Waals surface area contributed by atoms with Gasteiger partial charge in [0.1, 0.15) is 0 Å². The number of benzene rings is 2. The number of hydrogen-bond donors (Lipinski definition) is 2. The molecule has 4 nitrogen and oxygen atoms in total. The molecule has 0 fully saturated rings. The summed E-state index contributed by atoms with van der Waals surface area (Å²) in [6.45, 7) is 0. The number of amides is 2. The molecule has 0 aliphatic heterocycles. The molecule has 2 rings (SSSR count). The van der Waals surface area contributed by atoms with E-state index in [1.807, 2.05) is 30.3 Å². The third-order valence-electron chi connectivity index (χ3n) is 2.62. The fraction of sp³-hybridized carbons (Fsp3) is 0.0667. The van der Waals surface area contributed by atoms with Gasteiger partial charge in [-0.1, -0.05) is 24.3 Å². The molecule has 6 heteroatoms. The van der Waals surface area contributed by atoms with Gasteiger partial charge in [-0.25, -0.2) is 0 Å². The van der Waals surface area contributed by atoms with Crippen LogP contribution in [0.15, 0.2) is 57.9 Å². The van der Waals surface area contributed by atoms with Crippen molar-refractivity contribution in [2.24, 2.45) is 5.73 Å². The van der Waals surface area contributed by atoms with Crippen molar-refractivity contribution in [1.29, 1.82) is 0 Å². The average Bonchev–Trinajstić information content (AvgIpc) is 2.46. The van der Waals surface area contributed by atoms with Gasteiger partial charge in [-0.15, -0.1) is 11.8 Å². The van der Waals surface area contributed by atoms with Crippen molar-refractivity contribution in [3.63, 3.8) is 0 Å². The van der Waals surface area contributed by atoms with E-state index >= 15 is 0 Å². The van der Waals surface area contributed by atoms with Crippen LogP contribution in [0.25, 0.3) is 0 Å². The highest BCUT2D eigenvalue weighted by atomic mass is 79.9. The molecule has 0 aliphatic carbocycles. The maximum atomic E-state index is 12.3. The van der Waals surface area contributed by atoms with Crippen LogP contribution in [-0.4, -0.2) is 17.6 Å². The fourth-order valence-corrected chi connectivity index (χ4v) is 2.89. The van der Waals surface area contributed by atoms with Crippen molar-refractivity contribution in [2.75, 3.05) is 11.1 Å². The molecular weight excluding hydrogens is 352 g/mol. The molecule has 0 spiro atoms. The quantitative estimate of drug-likeness (QED) is 0.799. The molecule has 0 radical (unpaired) electrons. The average molecular weight is 365 g/mol. The fourth-order valence-electron chi connectivity index (χ4n) is 1.68. The topological polar surface area (TPSA) is 72.2 Å². The first-order valence-electron chi connectivity index (χ1n) is 6.14. The van der Waals surface area contributed by atoms with E-state index in [9.17, 15) is 9.59 Å². The maximum absolute atomic E-state index is 12.3. The third-order valence-corrected chi connectivity index (χ3v) is 4.41. The Bertz CT molecular complexity index is 676. The molecule has 0 aliphatic rings. The van der Waals surface area contributed by atoms with Crippen molar-refractivity contribution in [1.82, 2.24) is 0 Å². The molecule has 21 heavy (non-hydrogen) atoms. The van der Waals surface area contributed by atoms with Crippen LogP contribution in [-0.2, 0) is 4.79 Å². The van der Waals surface area contributed by atoms with E-state index in [2.05, 4.69) is 21.2 Å². The largest absolute Gasteiger partial charge is 0.369 e. The van der Waals surface area contributed by atoms with Crippen molar-refractivity contribution < 1.29 is 9.59 Å². The minimum Gasteiger partial charge on any atom is -0.369 e. The van der Waals surface area contributed by atoms with E-state index in [4.69, 9.17) is 5.73 Å². The van der Waals surface area contributed by atoms with Crippen molar-refractivity contribution >= 4 is 45.2 Å². The number of thioether (sulfide) groups is 1. The van der Waals surface area contributed by atoms with E-state index in [1.165, 1.54) is 11.8 Å². The van der Waals surface area contributed by atoms with Crippen LogP contribution in [0, 0.1) is 0 Å². The molecule has 0 saturated heterocycles. The zero-order valence-corrected chi connectivity index (χ0v) is 13.4. The maximum Gasteiger partial charge on any atom is 0.256 e. The molecule has 0 atom stereocenters. The zero-order valence-electron chi connectivity index (χ0n) is 11.0. The van der Waals surface area contributed by atoms with Gasteiger partial charge in [-0.2, -0.15) is 0 Å².